The summed E-state index contributed by atoms with van der Waals surface area (Å²) >= 11 is 11.7. The van der Waals surface area contributed by atoms with Gasteiger partial charge in [0.2, 0.25) is 0 Å². The van der Waals surface area contributed by atoms with Crippen molar-refractivity contribution in [2.24, 2.45) is 0 Å². The van der Waals surface area contributed by atoms with E-state index in [-0.39, 0.29) is 0 Å². The van der Waals surface area contributed by atoms with E-state index in [1.807, 2.05) is 35.1 Å². The highest BCUT2D eigenvalue weighted by molar-refractivity contribution is 7.80. The summed E-state index contributed by atoms with van der Waals surface area (Å²) in [6.07, 6.45) is 1.99. The average molecular weight is 440 g/mol. The molecule has 0 unspecified atom stereocenters. The molecule has 2 heterocycles. The minimum Gasteiger partial charge on any atom is -0.346 e. The third-order valence-electron chi connectivity index (χ3n) is 5.42. The molecule has 1 N–H and O–H groups in total. The number of thiocarbonyl (C=S) groups is 1. The van der Waals surface area contributed by atoms with Crippen LogP contribution < -0.4 is 5.32 Å². The van der Waals surface area contributed by atoms with Crippen molar-refractivity contribution in [1.29, 1.82) is 0 Å². The van der Waals surface area contributed by atoms with Crippen LogP contribution in [0.2, 0.25) is 5.02 Å². The van der Waals surface area contributed by atoms with Gasteiger partial charge in [0.15, 0.2) is 10.9 Å². The molecule has 4 rings (SSSR count). The molecule has 30 heavy (non-hydrogen) atoms. The normalized spacial score (nSPS) is 14.7. The molecule has 5 nitrogen and oxygen atoms in total. The Balaban J connectivity index is 1.27. The van der Waals surface area contributed by atoms with Gasteiger partial charge in [0.05, 0.1) is 6.54 Å². The number of piperazine rings is 1. The number of aromatic nitrogens is 2. The molecule has 0 radical (unpaired) electrons. The molecule has 1 fully saturated rings. The zero-order valence-corrected chi connectivity index (χ0v) is 18.7. The quantitative estimate of drug-likeness (QED) is 0.596. The van der Waals surface area contributed by atoms with Crippen LogP contribution in [0.25, 0.3) is 0 Å². The second-order valence-electron chi connectivity index (χ2n) is 7.65. The van der Waals surface area contributed by atoms with Crippen LogP contribution in [-0.2, 0) is 13.1 Å². The summed E-state index contributed by atoms with van der Waals surface area (Å²) < 4.78 is 1.94. The highest BCUT2D eigenvalue weighted by atomic mass is 35.5. The van der Waals surface area contributed by atoms with Crippen LogP contribution in [0.4, 0.5) is 5.82 Å². The number of hydrogen-bond acceptors (Lipinski definition) is 3. The Morgan fingerprint density at radius 1 is 1.03 bits per heavy atom. The van der Waals surface area contributed by atoms with Crippen molar-refractivity contribution in [3.05, 3.63) is 82.5 Å². The van der Waals surface area contributed by atoms with E-state index in [4.69, 9.17) is 23.8 Å². The smallest absolute Gasteiger partial charge is 0.174 e. The van der Waals surface area contributed by atoms with Gasteiger partial charge in [-0.3, -0.25) is 9.58 Å². The van der Waals surface area contributed by atoms with E-state index in [1.165, 1.54) is 16.7 Å². The van der Waals surface area contributed by atoms with Gasteiger partial charge < -0.3 is 10.2 Å². The van der Waals surface area contributed by atoms with E-state index in [2.05, 4.69) is 57.5 Å². The first-order valence-electron chi connectivity index (χ1n) is 10.2. The minimum absolute atomic E-state index is 0.735. The Bertz CT molecular complexity index is 1010. The third-order valence-corrected chi connectivity index (χ3v) is 6.02. The molecule has 7 heteroatoms. The molecule has 1 aliphatic rings. The number of anilines is 1. The van der Waals surface area contributed by atoms with E-state index in [9.17, 15) is 0 Å². The van der Waals surface area contributed by atoms with Gasteiger partial charge in [-0.05, 0) is 48.0 Å². The maximum absolute atomic E-state index is 6.10. The Labute approximate surface area is 188 Å². The second kappa shape index (κ2) is 9.60. The number of halogens is 1. The van der Waals surface area contributed by atoms with Crippen molar-refractivity contribution >= 4 is 34.7 Å². The van der Waals surface area contributed by atoms with Crippen molar-refractivity contribution in [3.8, 4) is 0 Å². The SMILES string of the molecule is Cc1ccccc1Cn1ccc(NC(=S)N2CCN(Cc3cccc(Cl)c3)CC2)n1. The number of rotatable bonds is 5. The van der Waals surface area contributed by atoms with Crippen molar-refractivity contribution in [3.63, 3.8) is 0 Å². The van der Waals surface area contributed by atoms with Gasteiger partial charge in [-0.15, -0.1) is 0 Å². The fraction of sp³-hybridized carbons (Fsp3) is 0.304. The van der Waals surface area contributed by atoms with Gasteiger partial charge >= 0.3 is 0 Å². The Morgan fingerprint density at radius 3 is 2.60 bits per heavy atom. The summed E-state index contributed by atoms with van der Waals surface area (Å²) in [7, 11) is 0. The molecule has 156 valence electrons. The molecular weight excluding hydrogens is 414 g/mol. The fourth-order valence-electron chi connectivity index (χ4n) is 3.67. The monoisotopic (exact) mass is 439 g/mol. The molecule has 0 spiro atoms. The van der Waals surface area contributed by atoms with Crippen LogP contribution in [0.15, 0.2) is 60.8 Å². The Morgan fingerprint density at radius 2 is 1.83 bits per heavy atom. The van der Waals surface area contributed by atoms with Gasteiger partial charge in [-0.1, -0.05) is 48.0 Å². The first-order valence-corrected chi connectivity index (χ1v) is 11.0. The topological polar surface area (TPSA) is 36.3 Å². The van der Waals surface area contributed by atoms with Crippen LogP contribution in [0, 0.1) is 6.92 Å². The summed E-state index contributed by atoms with van der Waals surface area (Å²) in [5.41, 5.74) is 3.79. The standard InChI is InChI=1S/C23H26ClN5S/c1-18-5-2-3-7-20(18)17-29-10-9-22(26-29)25-23(30)28-13-11-27(12-14-28)16-19-6-4-8-21(24)15-19/h2-10,15H,11-14,16-17H2,1H3,(H,25,26,30). The minimum atomic E-state index is 0.735. The Kier molecular flexibility index (Phi) is 6.67. The number of nitrogens with zero attached hydrogens (tertiary/aromatic N) is 4. The zero-order valence-electron chi connectivity index (χ0n) is 17.1. The zero-order chi connectivity index (χ0) is 20.9. The lowest BCUT2D eigenvalue weighted by atomic mass is 10.1. The first kappa shape index (κ1) is 20.8. The Hall–Kier alpha value is -2.41. The summed E-state index contributed by atoms with van der Waals surface area (Å²) in [5.74, 6) is 0.787. The van der Waals surface area contributed by atoms with Gasteiger partial charge in [0.25, 0.3) is 0 Å². The summed E-state index contributed by atoms with van der Waals surface area (Å²) in [5, 5.41) is 9.45. The molecule has 0 bridgehead atoms. The van der Waals surface area contributed by atoms with E-state index in [0.29, 0.717) is 0 Å². The second-order valence-corrected chi connectivity index (χ2v) is 8.47. The molecule has 1 aromatic heterocycles. The molecule has 0 saturated carbocycles. The van der Waals surface area contributed by atoms with Crippen molar-refractivity contribution < 1.29 is 0 Å². The van der Waals surface area contributed by atoms with Crippen molar-refractivity contribution in [1.82, 2.24) is 19.6 Å². The number of hydrogen-bond donors (Lipinski definition) is 1. The molecule has 0 amide bonds. The largest absolute Gasteiger partial charge is 0.346 e. The van der Waals surface area contributed by atoms with Crippen molar-refractivity contribution in [2.75, 3.05) is 31.5 Å². The van der Waals surface area contributed by atoms with Gasteiger partial charge in [0.1, 0.15) is 0 Å². The molecule has 2 aromatic carbocycles. The number of benzene rings is 2. The molecule has 0 atom stereocenters. The van der Waals surface area contributed by atoms with E-state index >= 15 is 0 Å². The van der Waals surface area contributed by atoms with Crippen LogP contribution in [0.1, 0.15) is 16.7 Å². The van der Waals surface area contributed by atoms with Crippen LogP contribution in [0.5, 0.6) is 0 Å². The summed E-state index contributed by atoms with van der Waals surface area (Å²) in [4.78, 5) is 4.64. The highest BCUT2D eigenvalue weighted by Gasteiger charge is 2.19. The van der Waals surface area contributed by atoms with Crippen LogP contribution in [-0.4, -0.2) is 50.9 Å². The van der Waals surface area contributed by atoms with E-state index in [0.717, 1.165) is 55.2 Å². The lowest BCUT2D eigenvalue weighted by Crippen LogP contribution is -2.49. The molecule has 1 aliphatic heterocycles. The van der Waals surface area contributed by atoms with Crippen LogP contribution >= 0.6 is 23.8 Å². The van der Waals surface area contributed by atoms with E-state index in [1.54, 1.807) is 0 Å². The maximum Gasteiger partial charge on any atom is 0.174 e. The van der Waals surface area contributed by atoms with Crippen LogP contribution in [0.3, 0.4) is 0 Å². The number of aryl methyl sites for hydroxylation is 1. The predicted octanol–water partition coefficient (Wildman–Crippen LogP) is 4.41. The van der Waals surface area contributed by atoms with Gasteiger partial charge in [-0.25, -0.2) is 0 Å². The number of nitrogens with one attached hydrogen (secondary N) is 1. The maximum atomic E-state index is 6.10. The predicted molar refractivity (Wildman–Crippen MR) is 127 cm³/mol. The highest BCUT2D eigenvalue weighted by Crippen LogP contribution is 2.15. The molecular formula is C23H26ClN5S. The van der Waals surface area contributed by atoms with E-state index < -0.39 is 0 Å². The van der Waals surface area contributed by atoms with Gasteiger partial charge in [-0.2, -0.15) is 5.10 Å². The third kappa shape index (κ3) is 5.39. The lowest BCUT2D eigenvalue weighted by Gasteiger charge is -2.36. The summed E-state index contributed by atoms with van der Waals surface area (Å²) in [6.45, 7) is 7.53. The average Bonchev–Trinajstić information content (AvgIpc) is 3.17. The van der Waals surface area contributed by atoms with Crippen molar-refractivity contribution in [2.45, 2.75) is 20.0 Å². The lowest BCUT2D eigenvalue weighted by molar-refractivity contribution is 0.177. The first-order chi connectivity index (χ1) is 14.6. The molecule has 0 aliphatic carbocycles. The van der Waals surface area contributed by atoms with Gasteiger partial charge in [0, 0.05) is 50.0 Å². The fourth-order valence-corrected chi connectivity index (χ4v) is 4.17. The molecule has 3 aromatic rings. The summed E-state index contributed by atoms with van der Waals surface area (Å²) in [6, 6.07) is 18.4. The molecule has 1 saturated heterocycles.